The van der Waals surface area contributed by atoms with Crippen LogP contribution in [0, 0.1) is 11.3 Å². The molecule has 74 valence electrons. The maximum atomic E-state index is 11.8. The Morgan fingerprint density at radius 3 is 2.50 bits per heavy atom. The molecule has 0 fully saturated rings. The summed E-state index contributed by atoms with van der Waals surface area (Å²) in [5.41, 5.74) is -0.373. The van der Waals surface area contributed by atoms with E-state index in [1.807, 2.05) is 0 Å². The third-order valence-electron chi connectivity index (χ3n) is 1.33. The van der Waals surface area contributed by atoms with Crippen molar-refractivity contribution in [3.05, 3.63) is 23.8 Å². The van der Waals surface area contributed by atoms with Crippen molar-refractivity contribution in [2.45, 2.75) is 6.36 Å². The highest BCUT2D eigenvalue weighted by Crippen LogP contribution is 2.33. The van der Waals surface area contributed by atoms with Crippen LogP contribution in [-0.4, -0.2) is 11.5 Å². The van der Waals surface area contributed by atoms with Gasteiger partial charge in [0.1, 0.15) is 6.07 Å². The lowest BCUT2D eigenvalue weighted by Crippen LogP contribution is -2.17. The zero-order valence-electron chi connectivity index (χ0n) is 6.67. The lowest BCUT2D eigenvalue weighted by Gasteiger charge is -2.10. The molecule has 0 bridgehead atoms. The zero-order valence-corrected chi connectivity index (χ0v) is 6.67. The van der Waals surface area contributed by atoms with Crippen LogP contribution in [0.4, 0.5) is 13.2 Å². The van der Waals surface area contributed by atoms with E-state index < -0.39 is 17.9 Å². The second-order valence-electron chi connectivity index (χ2n) is 2.31. The van der Waals surface area contributed by atoms with Crippen LogP contribution in [0.1, 0.15) is 5.56 Å². The lowest BCUT2D eigenvalue weighted by atomic mass is 10.2. The summed E-state index contributed by atoms with van der Waals surface area (Å²) in [7, 11) is 0. The van der Waals surface area contributed by atoms with Crippen LogP contribution < -0.4 is 4.74 Å². The van der Waals surface area contributed by atoms with Gasteiger partial charge >= 0.3 is 6.36 Å². The molecule has 3 nitrogen and oxygen atoms in total. The highest BCUT2D eigenvalue weighted by Gasteiger charge is 2.33. The molecule has 0 saturated heterocycles. The standard InChI is InChI=1S/C8H4F3NO2/c9-8(10,11)14-7-5(4-12)2-1-3-6(7)13/h1-3,13H. The van der Waals surface area contributed by atoms with Crippen LogP contribution in [0.2, 0.25) is 0 Å². The first-order valence-corrected chi connectivity index (χ1v) is 3.42. The summed E-state index contributed by atoms with van der Waals surface area (Å²) < 4.78 is 38.9. The fraction of sp³-hybridized carbons (Fsp3) is 0.125. The maximum Gasteiger partial charge on any atom is 0.573 e. The number of phenolic OH excluding ortho intramolecular Hbond substituents is 1. The van der Waals surface area contributed by atoms with Crippen LogP contribution in [0.3, 0.4) is 0 Å². The summed E-state index contributed by atoms with van der Waals surface area (Å²) in [6, 6.07) is 4.83. The van der Waals surface area contributed by atoms with Crippen molar-refractivity contribution in [1.29, 1.82) is 5.26 Å². The first-order valence-electron chi connectivity index (χ1n) is 3.42. The van der Waals surface area contributed by atoms with Crippen LogP contribution in [0.5, 0.6) is 11.5 Å². The Kier molecular flexibility index (Phi) is 2.51. The molecule has 0 atom stereocenters. The molecule has 0 amide bonds. The summed E-state index contributed by atoms with van der Waals surface area (Å²) in [6.45, 7) is 0. The smallest absolute Gasteiger partial charge is 0.504 e. The summed E-state index contributed by atoms with van der Waals surface area (Å²) >= 11 is 0. The minimum absolute atomic E-state index is 0.373. The van der Waals surface area contributed by atoms with Crippen molar-refractivity contribution in [2.75, 3.05) is 0 Å². The Labute approximate surface area is 77.0 Å². The molecule has 0 aliphatic heterocycles. The third-order valence-corrected chi connectivity index (χ3v) is 1.33. The number of benzene rings is 1. The molecule has 0 spiro atoms. The van der Waals surface area contributed by atoms with Gasteiger partial charge in [0.2, 0.25) is 0 Å². The molecule has 14 heavy (non-hydrogen) atoms. The molecule has 1 aromatic carbocycles. The van der Waals surface area contributed by atoms with E-state index in [1.54, 1.807) is 0 Å². The highest BCUT2D eigenvalue weighted by molar-refractivity contribution is 5.51. The predicted octanol–water partition coefficient (Wildman–Crippen LogP) is 2.16. The highest BCUT2D eigenvalue weighted by atomic mass is 19.4. The van der Waals surface area contributed by atoms with Crippen molar-refractivity contribution in [3.63, 3.8) is 0 Å². The fourth-order valence-corrected chi connectivity index (χ4v) is 0.836. The fourth-order valence-electron chi connectivity index (χ4n) is 0.836. The summed E-state index contributed by atoms with van der Waals surface area (Å²) in [6.07, 6.45) is -4.93. The number of phenols is 1. The number of nitriles is 1. The van der Waals surface area contributed by atoms with E-state index >= 15 is 0 Å². The summed E-state index contributed by atoms with van der Waals surface area (Å²) in [4.78, 5) is 0. The largest absolute Gasteiger partial charge is 0.573 e. The van der Waals surface area contributed by atoms with E-state index in [9.17, 15) is 13.2 Å². The Balaban J connectivity index is 3.13. The Hall–Kier alpha value is -1.90. The monoisotopic (exact) mass is 203 g/mol. The van der Waals surface area contributed by atoms with Crippen LogP contribution in [0.25, 0.3) is 0 Å². The number of nitrogens with zero attached hydrogens (tertiary/aromatic N) is 1. The first kappa shape index (κ1) is 10.2. The minimum Gasteiger partial charge on any atom is -0.504 e. The molecule has 0 saturated carbocycles. The lowest BCUT2D eigenvalue weighted by molar-refractivity contribution is -0.275. The molecular weight excluding hydrogens is 199 g/mol. The van der Waals surface area contributed by atoms with Crippen molar-refractivity contribution in [3.8, 4) is 17.6 Å². The number of aromatic hydroxyl groups is 1. The van der Waals surface area contributed by atoms with Gasteiger partial charge in [-0.2, -0.15) is 5.26 Å². The number of hydrogen-bond acceptors (Lipinski definition) is 3. The van der Waals surface area contributed by atoms with E-state index in [4.69, 9.17) is 10.4 Å². The van der Waals surface area contributed by atoms with Crippen LogP contribution >= 0.6 is 0 Å². The van der Waals surface area contributed by atoms with Crippen molar-refractivity contribution >= 4 is 0 Å². The third kappa shape index (κ3) is 2.29. The van der Waals surface area contributed by atoms with Crippen LogP contribution in [0.15, 0.2) is 18.2 Å². The van der Waals surface area contributed by atoms with Gasteiger partial charge in [0.25, 0.3) is 0 Å². The summed E-state index contributed by atoms with van der Waals surface area (Å²) in [5.74, 6) is -1.59. The molecule has 0 aromatic heterocycles. The van der Waals surface area contributed by atoms with Crippen molar-refractivity contribution in [1.82, 2.24) is 0 Å². The van der Waals surface area contributed by atoms with Gasteiger partial charge in [-0.25, -0.2) is 0 Å². The molecule has 1 aromatic rings. The van der Waals surface area contributed by atoms with Gasteiger partial charge in [-0.05, 0) is 12.1 Å². The van der Waals surface area contributed by atoms with Crippen molar-refractivity contribution in [2.24, 2.45) is 0 Å². The predicted molar refractivity (Wildman–Crippen MR) is 39.5 cm³/mol. The van der Waals surface area contributed by atoms with E-state index in [1.165, 1.54) is 12.1 Å². The Morgan fingerprint density at radius 2 is 2.00 bits per heavy atom. The number of para-hydroxylation sites is 1. The molecular formula is C8H4F3NO2. The minimum atomic E-state index is -4.93. The average molecular weight is 203 g/mol. The SMILES string of the molecule is N#Cc1cccc(O)c1OC(F)(F)F. The van der Waals surface area contributed by atoms with E-state index in [-0.39, 0.29) is 5.56 Å². The van der Waals surface area contributed by atoms with Gasteiger partial charge in [0.15, 0.2) is 11.5 Å². The second kappa shape index (κ2) is 3.46. The first-order chi connectivity index (χ1) is 6.44. The topological polar surface area (TPSA) is 53.2 Å². The van der Waals surface area contributed by atoms with Gasteiger partial charge in [-0.3, -0.25) is 0 Å². The van der Waals surface area contributed by atoms with E-state index in [0.717, 1.165) is 12.1 Å². The molecule has 0 aliphatic rings. The molecule has 0 unspecified atom stereocenters. The zero-order chi connectivity index (χ0) is 10.8. The number of halogens is 3. The van der Waals surface area contributed by atoms with E-state index in [2.05, 4.69) is 4.74 Å². The summed E-state index contributed by atoms with van der Waals surface area (Å²) in [5, 5.41) is 17.4. The molecule has 1 rings (SSSR count). The van der Waals surface area contributed by atoms with Gasteiger partial charge in [0, 0.05) is 0 Å². The molecule has 1 N–H and O–H groups in total. The number of alkyl halides is 3. The number of hydrogen-bond donors (Lipinski definition) is 1. The van der Waals surface area contributed by atoms with Gasteiger partial charge < -0.3 is 9.84 Å². The number of rotatable bonds is 1. The Bertz CT molecular complexity index is 381. The second-order valence-corrected chi connectivity index (χ2v) is 2.31. The average Bonchev–Trinajstić information content (AvgIpc) is 2.06. The molecule has 6 heteroatoms. The molecule has 0 aliphatic carbocycles. The molecule has 0 heterocycles. The maximum absolute atomic E-state index is 11.8. The van der Waals surface area contributed by atoms with E-state index in [0.29, 0.717) is 0 Å². The van der Waals surface area contributed by atoms with Gasteiger partial charge in [-0.15, -0.1) is 13.2 Å². The quantitative estimate of drug-likeness (QED) is 0.760. The van der Waals surface area contributed by atoms with Crippen molar-refractivity contribution < 1.29 is 23.0 Å². The number of ether oxygens (including phenoxy) is 1. The normalized spacial score (nSPS) is 10.7. The van der Waals surface area contributed by atoms with Gasteiger partial charge in [0.05, 0.1) is 5.56 Å². The van der Waals surface area contributed by atoms with Crippen LogP contribution in [-0.2, 0) is 0 Å². The Morgan fingerprint density at radius 1 is 1.36 bits per heavy atom. The molecule has 0 radical (unpaired) electrons. The van der Waals surface area contributed by atoms with Gasteiger partial charge in [-0.1, -0.05) is 6.07 Å².